The average molecular weight is 256 g/mol. The Hall–Kier alpha value is -1.07. The first-order valence-electron chi connectivity index (χ1n) is 5.69. The summed E-state index contributed by atoms with van der Waals surface area (Å²) in [5.41, 5.74) is 6.06. The molecule has 0 amide bonds. The van der Waals surface area contributed by atoms with E-state index in [2.05, 4.69) is 0 Å². The molecule has 1 unspecified atom stereocenters. The number of anilines is 1. The van der Waals surface area contributed by atoms with Gasteiger partial charge in [-0.3, -0.25) is 0 Å². The number of hydrogen-bond acceptors (Lipinski definition) is 3. The predicted octanol–water partition coefficient (Wildman–Crippen LogP) is 1.94. The lowest BCUT2D eigenvalue weighted by atomic mass is 10.1. The van der Waals surface area contributed by atoms with Gasteiger partial charge >= 0.3 is 0 Å². The Bertz CT molecular complexity index is 471. The Morgan fingerprint density at radius 2 is 2.06 bits per heavy atom. The van der Waals surface area contributed by atoms with E-state index in [1.807, 2.05) is 13.8 Å². The summed E-state index contributed by atoms with van der Waals surface area (Å²) in [6, 6.07) is 6.38. The van der Waals surface area contributed by atoms with E-state index in [0.717, 1.165) is 6.42 Å². The van der Waals surface area contributed by atoms with E-state index in [0.29, 0.717) is 18.2 Å². The molecule has 1 aromatic rings. The standard InChI is InChI=1S/C12H20N2O2S/c1-4-10(2)9-14(3)17(15,16)12-7-5-6-11(13)8-12/h5-8,10H,4,9,13H2,1-3H3. The number of nitrogen functional groups attached to an aromatic ring is 1. The highest BCUT2D eigenvalue weighted by Gasteiger charge is 2.21. The number of hydrogen-bond donors (Lipinski definition) is 1. The van der Waals surface area contributed by atoms with Crippen molar-refractivity contribution in [3.8, 4) is 0 Å². The number of sulfonamides is 1. The maximum atomic E-state index is 12.2. The molecule has 96 valence electrons. The Kier molecular flexibility index (Phi) is 4.54. The summed E-state index contributed by atoms with van der Waals surface area (Å²) in [5, 5.41) is 0. The smallest absolute Gasteiger partial charge is 0.242 e. The molecule has 0 radical (unpaired) electrons. The number of nitrogens with two attached hydrogens (primary N) is 1. The van der Waals surface area contributed by atoms with Gasteiger partial charge in [0.2, 0.25) is 10.0 Å². The van der Waals surface area contributed by atoms with Gasteiger partial charge in [0.05, 0.1) is 4.90 Å². The Morgan fingerprint density at radius 1 is 1.41 bits per heavy atom. The summed E-state index contributed by atoms with van der Waals surface area (Å²) >= 11 is 0. The molecule has 0 saturated carbocycles. The lowest BCUT2D eigenvalue weighted by Crippen LogP contribution is -2.31. The van der Waals surface area contributed by atoms with Crippen LogP contribution in [0.5, 0.6) is 0 Å². The lowest BCUT2D eigenvalue weighted by molar-refractivity contribution is 0.393. The van der Waals surface area contributed by atoms with Crippen molar-refractivity contribution in [2.24, 2.45) is 5.92 Å². The van der Waals surface area contributed by atoms with Crippen LogP contribution < -0.4 is 5.73 Å². The number of rotatable bonds is 5. The van der Waals surface area contributed by atoms with E-state index in [1.165, 1.54) is 10.4 Å². The quantitative estimate of drug-likeness (QED) is 0.819. The van der Waals surface area contributed by atoms with Crippen LogP contribution in [0.1, 0.15) is 20.3 Å². The topological polar surface area (TPSA) is 63.4 Å². The minimum absolute atomic E-state index is 0.253. The fourth-order valence-electron chi connectivity index (χ4n) is 1.52. The average Bonchev–Trinajstić information content (AvgIpc) is 2.28. The van der Waals surface area contributed by atoms with Crippen molar-refractivity contribution in [2.75, 3.05) is 19.3 Å². The second-order valence-corrected chi connectivity index (χ2v) is 6.42. The molecular formula is C12H20N2O2S. The third-order valence-corrected chi connectivity index (χ3v) is 4.65. The Labute approximate surface area is 103 Å². The number of benzene rings is 1. The molecule has 0 aliphatic carbocycles. The van der Waals surface area contributed by atoms with Gasteiger partial charge < -0.3 is 5.73 Å². The van der Waals surface area contributed by atoms with Crippen LogP contribution in [0.3, 0.4) is 0 Å². The van der Waals surface area contributed by atoms with Crippen LogP contribution in [0.4, 0.5) is 5.69 Å². The van der Waals surface area contributed by atoms with Gasteiger partial charge in [-0.15, -0.1) is 0 Å². The normalized spacial score (nSPS) is 13.9. The first-order chi connectivity index (χ1) is 7.87. The SMILES string of the molecule is CCC(C)CN(C)S(=O)(=O)c1cccc(N)c1. The van der Waals surface area contributed by atoms with Crippen molar-refractivity contribution in [1.29, 1.82) is 0 Å². The maximum absolute atomic E-state index is 12.2. The molecule has 5 heteroatoms. The predicted molar refractivity (Wildman–Crippen MR) is 70.1 cm³/mol. The third-order valence-electron chi connectivity index (χ3n) is 2.83. The summed E-state index contributed by atoms with van der Waals surface area (Å²) in [4.78, 5) is 0.253. The highest BCUT2D eigenvalue weighted by atomic mass is 32.2. The van der Waals surface area contributed by atoms with Crippen LogP contribution in [-0.2, 0) is 10.0 Å². The van der Waals surface area contributed by atoms with E-state index >= 15 is 0 Å². The van der Waals surface area contributed by atoms with Gasteiger partial charge in [-0.2, -0.15) is 0 Å². The molecule has 0 aromatic heterocycles. The highest BCUT2D eigenvalue weighted by Crippen LogP contribution is 2.18. The van der Waals surface area contributed by atoms with Gasteiger partial charge in [-0.05, 0) is 24.1 Å². The molecule has 0 fully saturated rings. The van der Waals surface area contributed by atoms with Crippen LogP contribution in [0.2, 0.25) is 0 Å². The zero-order valence-electron chi connectivity index (χ0n) is 10.6. The molecule has 0 saturated heterocycles. The van der Waals surface area contributed by atoms with Gasteiger partial charge in [0.15, 0.2) is 0 Å². The van der Waals surface area contributed by atoms with Crippen molar-refractivity contribution >= 4 is 15.7 Å². The summed E-state index contributed by atoms with van der Waals surface area (Å²) < 4.78 is 25.8. The summed E-state index contributed by atoms with van der Waals surface area (Å²) in [6.07, 6.45) is 0.955. The molecule has 2 N–H and O–H groups in total. The van der Waals surface area contributed by atoms with E-state index < -0.39 is 10.0 Å². The Morgan fingerprint density at radius 3 is 2.59 bits per heavy atom. The molecule has 0 aliphatic heterocycles. The van der Waals surface area contributed by atoms with Crippen LogP contribution in [0, 0.1) is 5.92 Å². The molecule has 4 nitrogen and oxygen atoms in total. The van der Waals surface area contributed by atoms with E-state index in [4.69, 9.17) is 5.73 Å². The minimum Gasteiger partial charge on any atom is -0.399 e. The fraction of sp³-hybridized carbons (Fsp3) is 0.500. The molecule has 0 spiro atoms. The zero-order chi connectivity index (χ0) is 13.1. The summed E-state index contributed by atoms with van der Waals surface area (Å²) in [7, 11) is -1.81. The van der Waals surface area contributed by atoms with Gasteiger partial charge in [-0.1, -0.05) is 26.3 Å². The van der Waals surface area contributed by atoms with E-state index in [9.17, 15) is 8.42 Å². The highest BCUT2D eigenvalue weighted by molar-refractivity contribution is 7.89. The lowest BCUT2D eigenvalue weighted by Gasteiger charge is -2.20. The molecule has 0 heterocycles. The van der Waals surface area contributed by atoms with Gasteiger partial charge in [0.1, 0.15) is 0 Å². The zero-order valence-corrected chi connectivity index (χ0v) is 11.4. The van der Waals surface area contributed by atoms with Crippen molar-refractivity contribution in [3.63, 3.8) is 0 Å². The van der Waals surface area contributed by atoms with Crippen molar-refractivity contribution < 1.29 is 8.42 Å². The Balaban J connectivity index is 2.95. The molecule has 1 aromatic carbocycles. The van der Waals surface area contributed by atoms with E-state index in [1.54, 1.807) is 25.2 Å². The molecular weight excluding hydrogens is 236 g/mol. The maximum Gasteiger partial charge on any atom is 0.242 e. The van der Waals surface area contributed by atoms with Crippen LogP contribution >= 0.6 is 0 Å². The second-order valence-electron chi connectivity index (χ2n) is 4.37. The molecule has 0 bridgehead atoms. The first kappa shape index (κ1) is 14.0. The third kappa shape index (κ3) is 3.44. The minimum atomic E-state index is -3.41. The molecule has 1 rings (SSSR count). The largest absolute Gasteiger partial charge is 0.399 e. The first-order valence-corrected chi connectivity index (χ1v) is 7.13. The van der Waals surface area contributed by atoms with E-state index in [-0.39, 0.29) is 4.90 Å². The fourth-order valence-corrected chi connectivity index (χ4v) is 2.87. The molecule has 0 aliphatic rings. The monoisotopic (exact) mass is 256 g/mol. The van der Waals surface area contributed by atoms with Gasteiger partial charge in [0, 0.05) is 19.3 Å². The molecule has 17 heavy (non-hydrogen) atoms. The van der Waals surface area contributed by atoms with Crippen LogP contribution in [-0.4, -0.2) is 26.3 Å². The summed E-state index contributed by atoms with van der Waals surface area (Å²) in [6.45, 7) is 4.60. The van der Waals surface area contributed by atoms with Crippen molar-refractivity contribution in [3.05, 3.63) is 24.3 Å². The van der Waals surface area contributed by atoms with Crippen molar-refractivity contribution in [2.45, 2.75) is 25.2 Å². The second kappa shape index (κ2) is 5.51. The van der Waals surface area contributed by atoms with Crippen LogP contribution in [0.15, 0.2) is 29.2 Å². The summed E-state index contributed by atoms with van der Waals surface area (Å²) in [5.74, 6) is 0.343. The van der Waals surface area contributed by atoms with Crippen molar-refractivity contribution in [1.82, 2.24) is 4.31 Å². The number of nitrogens with zero attached hydrogens (tertiary/aromatic N) is 1. The van der Waals surface area contributed by atoms with Gasteiger partial charge in [0.25, 0.3) is 0 Å². The van der Waals surface area contributed by atoms with Crippen LogP contribution in [0.25, 0.3) is 0 Å². The van der Waals surface area contributed by atoms with Gasteiger partial charge in [-0.25, -0.2) is 12.7 Å². The molecule has 1 atom stereocenters.